The second-order valence-corrected chi connectivity index (χ2v) is 7.84. The molecule has 0 atom stereocenters. The summed E-state index contributed by atoms with van der Waals surface area (Å²) in [5.41, 5.74) is 1.44. The summed E-state index contributed by atoms with van der Waals surface area (Å²) in [6, 6.07) is 16.0. The Morgan fingerprint density at radius 3 is 1.93 bits per heavy atom. The van der Waals surface area contributed by atoms with Crippen LogP contribution in [0.4, 0.5) is 0 Å². The number of hydrogen-bond acceptors (Lipinski definition) is 3. The quantitative estimate of drug-likeness (QED) is 0.752. The van der Waals surface area contributed by atoms with E-state index in [0.29, 0.717) is 42.6 Å². The van der Waals surface area contributed by atoms with Gasteiger partial charge in [-0.25, -0.2) is 0 Å². The summed E-state index contributed by atoms with van der Waals surface area (Å²) >= 11 is 0. The smallest absolute Gasteiger partial charge is 0.254 e. The normalized spacial score (nSPS) is 17.4. The van der Waals surface area contributed by atoms with Crippen molar-refractivity contribution in [2.75, 3.05) is 26.2 Å². The molecule has 0 unspecified atom stereocenters. The Morgan fingerprint density at radius 1 is 0.690 bits per heavy atom. The molecule has 0 N–H and O–H groups in total. The summed E-state index contributed by atoms with van der Waals surface area (Å²) in [6.45, 7) is 2.84. The first-order chi connectivity index (χ1) is 14.1. The van der Waals surface area contributed by atoms with Gasteiger partial charge in [-0.3, -0.25) is 14.4 Å². The zero-order valence-electron chi connectivity index (χ0n) is 16.5. The Labute approximate surface area is 171 Å². The molecular weight excluding hydrogens is 364 g/mol. The Morgan fingerprint density at radius 2 is 1.28 bits per heavy atom. The molecule has 0 aromatic heterocycles. The third kappa shape index (κ3) is 4.09. The van der Waals surface area contributed by atoms with Crippen molar-refractivity contribution in [3.8, 4) is 0 Å². The van der Waals surface area contributed by atoms with Crippen LogP contribution in [-0.4, -0.2) is 53.6 Å². The van der Waals surface area contributed by atoms with Crippen LogP contribution in [-0.2, 0) is 4.79 Å². The summed E-state index contributed by atoms with van der Waals surface area (Å²) < 4.78 is 0. The van der Waals surface area contributed by atoms with E-state index in [1.54, 1.807) is 41.3 Å². The van der Waals surface area contributed by atoms with Crippen LogP contribution in [0.15, 0.2) is 54.6 Å². The van der Waals surface area contributed by atoms with Crippen molar-refractivity contribution in [3.63, 3.8) is 0 Å². The van der Waals surface area contributed by atoms with Gasteiger partial charge in [-0.1, -0.05) is 48.5 Å². The van der Waals surface area contributed by atoms with E-state index in [0.717, 1.165) is 25.9 Å². The minimum Gasteiger partial charge on any atom is -0.342 e. The lowest BCUT2D eigenvalue weighted by molar-refractivity contribution is -0.135. The first kappa shape index (κ1) is 19.4. The second-order valence-electron chi connectivity index (χ2n) is 7.84. The maximum atomic E-state index is 13.2. The number of likely N-dealkylation sites (tertiary alicyclic amines) is 2. The summed E-state index contributed by atoms with van der Waals surface area (Å²) in [6.07, 6.45) is 3.57. The number of benzene rings is 2. The zero-order valence-corrected chi connectivity index (χ0v) is 16.5. The van der Waals surface area contributed by atoms with Gasteiger partial charge in [0.1, 0.15) is 0 Å². The molecule has 0 radical (unpaired) electrons. The number of rotatable bonds is 4. The maximum absolute atomic E-state index is 13.2. The van der Waals surface area contributed by atoms with Crippen LogP contribution in [0.25, 0.3) is 0 Å². The molecule has 2 aromatic carbocycles. The van der Waals surface area contributed by atoms with E-state index in [1.807, 2.05) is 23.1 Å². The Kier molecular flexibility index (Phi) is 5.74. The highest BCUT2D eigenvalue weighted by Crippen LogP contribution is 2.24. The first-order valence-electron chi connectivity index (χ1n) is 10.4. The van der Waals surface area contributed by atoms with E-state index in [-0.39, 0.29) is 23.5 Å². The molecule has 5 nitrogen and oxygen atoms in total. The van der Waals surface area contributed by atoms with Gasteiger partial charge in [-0.05, 0) is 31.7 Å². The number of carbonyl (C=O) groups is 3. The first-order valence-corrected chi connectivity index (χ1v) is 10.4. The largest absolute Gasteiger partial charge is 0.342 e. The van der Waals surface area contributed by atoms with E-state index in [4.69, 9.17) is 0 Å². The predicted octanol–water partition coefficient (Wildman–Crippen LogP) is 3.39. The number of amides is 2. The van der Waals surface area contributed by atoms with Gasteiger partial charge in [0.15, 0.2) is 5.78 Å². The lowest BCUT2D eigenvalue weighted by Crippen LogP contribution is -2.44. The molecule has 5 heteroatoms. The van der Waals surface area contributed by atoms with Crippen molar-refractivity contribution in [2.24, 2.45) is 5.92 Å². The van der Waals surface area contributed by atoms with Crippen LogP contribution in [0.1, 0.15) is 52.0 Å². The van der Waals surface area contributed by atoms with Gasteiger partial charge in [0.2, 0.25) is 5.91 Å². The predicted molar refractivity (Wildman–Crippen MR) is 111 cm³/mol. The molecule has 2 saturated heterocycles. The topological polar surface area (TPSA) is 57.7 Å². The highest BCUT2D eigenvalue weighted by molar-refractivity contribution is 6.15. The van der Waals surface area contributed by atoms with Gasteiger partial charge >= 0.3 is 0 Å². The number of nitrogens with zero attached hydrogens (tertiary/aromatic N) is 2. The van der Waals surface area contributed by atoms with Crippen molar-refractivity contribution in [2.45, 2.75) is 25.7 Å². The van der Waals surface area contributed by atoms with Crippen LogP contribution in [0.3, 0.4) is 0 Å². The Bertz CT molecular complexity index is 895. The molecule has 29 heavy (non-hydrogen) atoms. The van der Waals surface area contributed by atoms with Crippen LogP contribution in [0.5, 0.6) is 0 Å². The molecule has 0 saturated carbocycles. The molecular formula is C24H26N2O3. The Hall–Kier alpha value is -2.95. The molecule has 2 heterocycles. The molecule has 0 aliphatic carbocycles. The number of carbonyl (C=O) groups excluding carboxylic acids is 3. The van der Waals surface area contributed by atoms with Gasteiger partial charge in [0.25, 0.3) is 5.91 Å². The monoisotopic (exact) mass is 390 g/mol. The average Bonchev–Trinajstić information content (AvgIpc) is 3.33. The molecule has 2 aliphatic rings. The van der Waals surface area contributed by atoms with Crippen LogP contribution in [0.2, 0.25) is 0 Å². The average molecular weight is 390 g/mol. The molecule has 2 aliphatic heterocycles. The molecule has 0 bridgehead atoms. The van der Waals surface area contributed by atoms with E-state index in [2.05, 4.69) is 0 Å². The van der Waals surface area contributed by atoms with Crippen molar-refractivity contribution >= 4 is 17.6 Å². The summed E-state index contributed by atoms with van der Waals surface area (Å²) in [7, 11) is 0. The molecule has 2 fully saturated rings. The summed E-state index contributed by atoms with van der Waals surface area (Å²) in [5, 5.41) is 0. The van der Waals surface area contributed by atoms with Gasteiger partial charge in [-0.2, -0.15) is 0 Å². The van der Waals surface area contributed by atoms with Crippen molar-refractivity contribution < 1.29 is 14.4 Å². The lowest BCUT2D eigenvalue weighted by Gasteiger charge is -2.33. The SMILES string of the molecule is O=C(c1ccccc1)c1ccccc1C(=O)N1CCC(C(=O)N2CCCC2)CC1. The van der Waals surface area contributed by atoms with E-state index < -0.39 is 0 Å². The fourth-order valence-electron chi connectivity index (χ4n) is 4.31. The molecule has 2 amide bonds. The number of piperidine rings is 1. The summed E-state index contributed by atoms with van der Waals surface area (Å²) in [4.78, 5) is 42.5. The van der Waals surface area contributed by atoms with Crippen molar-refractivity contribution in [1.82, 2.24) is 9.80 Å². The lowest BCUT2D eigenvalue weighted by atomic mass is 9.93. The maximum Gasteiger partial charge on any atom is 0.254 e. The van der Waals surface area contributed by atoms with Gasteiger partial charge in [-0.15, -0.1) is 0 Å². The minimum atomic E-state index is -0.145. The Balaban J connectivity index is 1.46. The highest BCUT2D eigenvalue weighted by atomic mass is 16.2. The minimum absolute atomic E-state index is 0.0124. The zero-order chi connectivity index (χ0) is 20.2. The fraction of sp³-hybridized carbons (Fsp3) is 0.375. The highest BCUT2D eigenvalue weighted by Gasteiger charge is 2.32. The van der Waals surface area contributed by atoms with Crippen LogP contribution >= 0.6 is 0 Å². The van der Waals surface area contributed by atoms with E-state index >= 15 is 0 Å². The van der Waals surface area contributed by atoms with Crippen LogP contribution in [0, 0.1) is 5.92 Å². The van der Waals surface area contributed by atoms with Gasteiger partial charge in [0, 0.05) is 43.2 Å². The molecule has 0 spiro atoms. The van der Waals surface area contributed by atoms with Crippen molar-refractivity contribution in [1.29, 1.82) is 0 Å². The third-order valence-corrected chi connectivity index (χ3v) is 5.99. The number of hydrogen-bond donors (Lipinski definition) is 0. The standard InChI is InChI=1S/C24H26N2O3/c27-22(18-8-2-1-3-9-18)20-10-4-5-11-21(20)24(29)26-16-12-19(13-17-26)23(28)25-14-6-7-15-25/h1-5,8-11,19H,6-7,12-17H2. The summed E-state index contributed by atoms with van der Waals surface area (Å²) in [5.74, 6) is -0.0156. The van der Waals surface area contributed by atoms with Crippen LogP contribution < -0.4 is 0 Å². The third-order valence-electron chi connectivity index (χ3n) is 5.99. The molecule has 150 valence electrons. The van der Waals surface area contributed by atoms with E-state index in [9.17, 15) is 14.4 Å². The molecule has 2 aromatic rings. The van der Waals surface area contributed by atoms with Gasteiger partial charge in [0.05, 0.1) is 5.56 Å². The van der Waals surface area contributed by atoms with E-state index in [1.165, 1.54) is 0 Å². The number of ketones is 1. The second kappa shape index (κ2) is 8.60. The van der Waals surface area contributed by atoms with Crippen molar-refractivity contribution in [3.05, 3.63) is 71.3 Å². The molecule has 4 rings (SSSR count). The fourth-order valence-corrected chi connectivity index (χ4v) is 4.31. The van der Waals surface area contributed by atoms with Gasteiger partial charge < -0.3 is 9.80 Å².